The van der Waals surface area contributed by atoms with Gasteiger partial charge in [-0.25, -0.2) is 4.98 Å². The lowest BCUT2D eigenvalue weighted by Gasteiger charge is -2.14. The molecule has 0 saturated heterocycles. The lowest BCUT2D eigenvalue weighted by molar-refractivity contribution is 0.0819. The van der Waals surface area contributed by atoms with E-state index in [-0.39, 0.29) is 0 Å². The Bertz CT molecular complexity index is 487. The molecule has 0 bridgehead atoms. The molecule has 2 aromatic rings. The van der Waals surface area contributed by atoms with Crippen molar-refractivity contribution in [2.45, 2.75) is 25.9 Å². The highest BCUT2D eigenvalue weighted by Crippen LogP contribution is 2.28. The quantitative estimate of drug-likeness (QED) is 0.819. The van der Waals surface area contributed by atoms with Crippen molar-refractivity contribution in [2.75, 3.05) is 0 Å². The molecular formula is C11H12ClNOS. The summed E-state index contributed by atoms with van der Waals surface area (Å²) >= 11 is 7.46. The first-order valence-electron chi connectivity index (χ1n) is 4.71. The molecule has 0 radical (unpaired) electrons. The predicted molar refractivity (Wildman–Crippen MR) is 64.6 cm³/mol. The predicted octanol–water partition coefficient (Wildman–Crippen LogP) is 3.26. The van der Waals surface area contributed by atoms with E-state index in [1.165, 1.54) is 0 Å². The molecule has 0 amide bonds. The Hall–Kier alpha value is -0.640. The number of fused-ring (bicyclic) bond motifs is 1. The fraction of sp³-hybridized carbons (Fsp3) is 0.364. The number of nitrogens with zero attached hydrogens (tertiary/aromatic N) is 1. The topological polar surface area (TPSA) is 33.1 Å². The molecule has 2 nitrogen and oxygen atoms in total. The zero-order valence-corrected chi connectivity index (χ0v) is 10.2. The molecule has 15 heavy (non-hydrogen) atoms. The Morgan fingerprint density at radius 1 is 1.47 bits per heavy atom. The van der Waals surface area contributed by atoms with Crippen molar-refractivity contribution in [2.24, 2.45) is 0 Å². The third-order valence-electron chi connectivity index (χ3n) is 2.00. The average molecular weight is 242 g/mol. The summed E-state index contributed by atoms with van der Waals surface area (Å²) in [6.45, 7) is 3.61. The largest absolute Gasteiger partial charge is 0.390 e. The lowest BCUT2D eigenvalue weighted by atomic mass is 10.0. The van der Waals surface area contributed by atoms with Gasteiger partial charge in [-0.05, 0) is 32.0 Å². The van der Waals surface area contributed by atoms with Gasteiger partial charge in [0.25, 0.3) is 0 Å². The highest BCUT2D eigenvalue weighted by molar-refractivity contribution is 7.19. The van der Waals surface area contributed by atoms with Gasteiger partial charge in [0.05, 0.1) is 15.8 Å². The van der Waals surface area contributed by atoms with Gasteiger partial charge in [0.2, 0.25) is 0 Å². The fourth-order valence-electron chi connectivity index (χ4n) is 1.46. The molecule has 0 atom stereocenters. The van der Waals surface area contributed by atoms with Crippen LogP contribution in [-0.2, 0) is 6.42 Å². The van der Waals surface area contributed by atoms with E-state index < -0.39 is 5.60 Å². The molecule has 2 heterocycles. The van der Waals surface area contributed by atoms with Crippen LogP contribution in [-0.4, -0.2) is 15.7 Å². The Morgan fingerprint density at radius 2 is 2.20 bits per heavy atom. The number of aromatic nitrogens is 1. The molecule has 2 aromatic heterocycles. The van der Waals surface area contributed by atoms with E-state index >= 15 is 0 Å². The Morgan fingerprint density at radius 3 is 2.87 bits per heavy atom. The molecule has 2 rings (SSSR count). The second-order valence-corrected chi connectivity index (χ2v) is 5.77. The Balaban J connectivity index is 2.39. The molecule has 0 fully saturated rings. The van der Waals surface area contributed by atoms with Crippen molar-refractivity contribution in [3.05, 3.63) is 28.2 Å². The van der Waals surface area contributed by atoms with Crippen LogP contribution in [0.1, 0.15) is 18.7 Å². The third-order valence-corrected chi connectivity index (χ3v) is 3.30. The van der Waals surface area contributed by atoms with Gasteiger partial charge in [-0.1, -0.05) is 11.6 Å². The zero-order chi connectivity index (χ0) is 11.1. The van der Waals surface area contributed by atoms with Gasteiger partial charge in [0, 0.05) is 11.3 Å². The van der Waals surface area contributed by atoms with E-state index in [9.17, 15) is 5.11 Å². The van der Waals surface area contributed by atoms with Crippen molar-refractivity contribution in [3.63, 3.8) is 0 Å². The van der Waals surface area contributed by atoms with Crippen LogP contribution in [0.25, 0.3) is 10.2 Å². The summed E-state index contributed by atoms with van der Waals surface area (Å²) in [5, 5.41) is 10.2. The highest BCUT2D eigenvalue weighted by Gasteiger charge is 2.15. The van der Waals surface area contributed by atoms with Crippen molar-refractivity contribution in [3.8, 4) is 0 Å². The SMILES string of the molecule is CC(C)(O)Cc1cc2nc(Cl)ccc2s1. The molecule has 0 unspecified atom stereocenters. The lowest BCUT2D eigenvalue weighted by Crippen LogP contribution is -2.20. The van der Waals surface area contributed by atoms with E-state index in [1.54, 1.807) is 31.3 Å². The van der Waals surface area contributed by atoms with Crippen LogP contribution in [0.2, 0.25) is 5.15 Å². The normalized spacial score (nSPS) is 12.3. The first-order valence-corrected chi connectivity index (χ1v) is 5.91. The summed E-state index contributed by atoms with van der Waals surface area (Å²) in [6, 6.07) is 5.74. The van der Waals surface area contributed by atoms with Gasteiger partial charge in [-0.15, -0.1) is 11.3 Å². The molecule has 0 saturated carbocycles. The second-order valence-electron chi connectivity index (χ2n) is 4.22. The standard InChI is InChI=1S/C11H12ClNOS/c1-11(2,14)6-7-5-8-9(15-7)3-4-10(12)13-8/h3-5,14H,6H2,1-2H3. The van der Waals surface area contributed by atoms with Crippen LogP contribution >= 0.6 is 22.9 Å². The van der Waals surface area contributed by atoms with E-state index in [0.29, 0.717) is 11.6 Å². The van der Waals surface area contributed by atoms with Crippen LogP contribution in [0.15, 0.2) is 18.2 Å². The van der Waals surface area contributed by atoms with E-state index in [1.807, 2.05) is 12.1 Å². The summed E-state index contributed by atoms with van der Waals surface area (Å²) in [5.41, 5.74) is 0.233. The molecule has 4 heteroatoms. The first-order chi connectivity index (χ1) is 6.94. The molecule has 0 aliphatic heterocycles. The Kier molecular flexibility index (Phi) is 2.71. The smallest absolute Gasteiger partial charge is 0.129 e. The molecule has 0 aliphatic rings. The third kappa shape index (κ3) is 2.68. The average Bonchev–Trinajstić information content (AvgIpc) is 2.42. The van der Waals surface area contributed by atoms with Gasteiger partial charge >= 0.3 is 0 Å². The molecule has 1 N–H and O–H groups in total. The van der Waals surface area contributed by atoms with Crippen molar-refractivity contribution in [1.29, 1.82) is 0 Å². The van der Waals surface area contributed by atoms with E-state index in [4.69, 9.17) is 11.6 Å². The van der Waals surface area contributed by atoms with Crippen LogP contribution in [0.3, 0.4) is 0 Å². The summed E-state index contributed by atoms with van der Waals surface area (Å²) in [5.74, 6) is 0. The van der Waals surface area contributed by atoms with E-state index in [0.717, 1.165) is 15.1 Å². The molecule has 0 aromatic carbocycles. The second kappa shape index (κ2) is 3.74. The summed E-state index contributed by atoms with van der Waals surface area (Å²) in [4.78, 5) is 5.35. The molecule has 80 valence electrons. The number of hydrogen-bond acceptors (Lipinski definition) is 3. The van der Waals surface area contributed by atoms with Gasteiger partial charge < -0.3 is 5.11 Å². The summed E-state index contributed by atoms with van der Waals surface area (Å²) in [7, 11) is 0. The van der Waals surface area contributed by atoms with Crippen molar-refractivity contribution < 1.29 is 5.11 Å². The van der Waals surface area contributed by atoms with Gasteiger partial charge in [-0.3, -0.25) is 0 Å². The molecule has 0 spiro atoms. The molecule has 0 aliphatic carbocycles. The number of aliphatic hydroxyl groups is 1. The maximum Gasteiger partial charge on any atom is 0.129 e. The minimum absolute atomic E-state index is 0.509. The summed E-state index contributed by atoms with van der Waals surface area (Å²) < 4.78 is 1.11. The Labute approximate surface area is 97.5 Å². The van der Waals surface area contributed by atoms with Crippen LogP contribution in [0.5, 0.6) is 0 Å². The summed E-state index contributed by atoms with van der Waals surface area (Å²) in [6.07, 6.45) is 0.644. The number of rotatable bonds is 2. The van der Waals surface area contributed by atoms with Gasteiger partial charge in [-0.2, -0.15) is 0 Å². The first kappa shape index (κ1) is 10.9. The fourth-order valence-corrected chi connectivity index (χ4v) is 2.84. The van der Waals surface area contributed by atoms with Crippen molar-refractivity contribution >= 4 is 33.2 Å². The minimum atomic E-state index is -0.676. The highest BCUT2D eigenvalue weighted by atomic mass is 35.5. The maximum absolute atomic E-state index is 9.71. The molecular weight excluding hydrogens is 230 g/mol. The van der Waals surface area contributed by atoms with Gasteiger partial charge in [0.15, 0.2) is 0 Å². The van der Waals surface area contributed by atoms with Crippen LogP contribution < -0.4 is 0 Å². The number of thiophene rings is 1. The zero-order valence-electron chi connectivity index (χ0n) is 8.62. The number of pyridine rings is 1. The van der Waals surface area contributed by atoms with Crippen molar-refractivity contribution in [1.82, 2.24) is 4.98 Å². The number of hydrogen-bond donors (Lipinski definition) is 1. The van der Waals surface area contributed by atoms with E-state index in [2.05, 4.69) is 4.98 Å². The van der Waals surface area contributed by atoms with Crippen LogP contribution in [0, 0.1) is 0 Å². The maximum atomic E-state index is 9.71. The van der Waals surface area contributed by atoms with Gasteiger partial charge in [0.1, 0.15) is 5.15 Å². The minimum Gasteiger partial charge on any atom is -0.390 e. The van der Waals surface area contributed by atoms with Crippen LogP contribution in [0.4, 0.5) is 0 Å². The monoisotopic (exact) mass is 241 g/mol. The number of halogens is 1.